The fraction of sp³-hybridized carbons (Fsp3) is 0.692. The Hall–Kier alpha value is -0.430. The van der Waals surface area contributed by atoms with Gasteiger partial charge in [-0.1, -0.05) is 19.8 Å². The van der Waals surface area contributed by atoms with Gasteiger partial charge in [-0.2, -0.15) is 0 Å². The van der Waals surface area contributed by atoms with Crippen molar-refractivity contribution < 1.29 is 13.5 Å². The van der Waals surface area contributed by atoms with Crippen LogP contribution < -0.4 is 4.72 Å². The van der Waals surface area contributed by atoms with Gasteiger partial charge in [-0.05, 0) is 30.9 Å². The van der Waals surface area contributed by atoms with Gasteiger partial charge in [0.2, 0.25) is 10.0 Å². The highest BCUT2D eigenvalue weighted by molar-refractivity contribution is 7.91. The maximum Gasteiger partial charge on any atom is 0.250 e. The van der Waals surface area contributed by atoms with Crippen molar-refractivity contribution in [2.75, 3.05) is 6.61 Å². The molecule has 0 spiro atoms. The lowest BCUT2D eigenvalue weighted by Crippen LogP contribution is -2.37. The van der Waals surface area contributed by atoms with E-state index in [4.69, 9.17) is 5.11 Å². The molecule has 1 fully saturated rings. The van der Waals surface area contributed by atoms with E-state index < -0.39 is 10.0 Å². The first-order chi connectivity index (χ1) is 9.01. The molecule has 1 heterocycles. The topological polar surface area (TPSA) is 66.4 Å². The van der Waals surface area contributed by atoms with Crippen molar-refractivity contribution in [1.29, 1.82) is 0 Å². The van der Waals surface area contributed by atoms with Gasteiger partial charge in [0.15, 0.2) is 0 Å². The Kier molecular flexibility index (Phi) is 5.00. The molecule has 108 valence electrons. The first-order valence-electron chi connectivity index (χ1n) is 6.73. The summed E-state index contributed by atoms with van der Waals surface area (Å²) in [6, 6.07) is 3.47. The molecule has 1 saturated carbocycles. The fourth-order valence-electron chi connectivity index (χ4n) is 2.57. The summed E-state index contributed by atoms with van der Waals surface area (Å²) in [5.74, 6) is 0.592. The smallest absolute Gasteiger partial charge is 0.250 e. The summed E-state index contributed by atoms with van der Waals surface area (Å²) >= 11 is 1.24. The number of aliphatic hydroxyl groups excluding tert-OH is 1. The Morgan fingerprint density at radius 3 is 2.89 bits per heavy atom. The third-order valence-electron chi connectivity index (χ3n) is 3.52. The summed E-state index contributed by atoms with van der Waals surface area (Å²) in [6.07, 6.45) is 4.65. The molecule has 1 aliphatic carbocycles. The number of nitrogens with one attached hydrogen (secondary N) is 1. The lowest BCUT2D eigenvalue weighted by Gasteiger charge is -2.26. The normalized spacial score (nSPS) is 24.5. The van der Waals surface area contributed by atoms with Crippen LogP contribution in [0.5, 0.6) is 0 Å². The van der Waals surface area contributed by atoms with E-state index in [1.54, 1.807) is 12.1 Å². The molecule has 1 aliphatic rings. The number of thiophene rings is 1. The number of hydrogen-bond donors (Lipinski definition) is 2. The molecule has 1 aromatic heterocycles. The summed E-state index contributed by atoms with van der Waals surface area (Å²) in [6.45, 7) is 2.22. The maximum absolute atomic E-state index is 12.3. The lowest BCUT2D eigenvalue weighted by atomic mass is 9.88. The van der Waals surface area contributed by atoms with Crippen molar-refractivity contribution in [3.63, 3.8) is 0 Å². The van der Waals surface area contributed by atoms with Gasteiger partial charge in [0, 0.05) is 23.9 Å². The van der Waals surface area contributed by atoms with E-state index in [-0.39, 0.29) is 12.6 Å². The molecule has 19 heavy (non-hydrogen) atoms. The van der Waals surface area contributed by atoms with Crippen molar-refractivity contribution in [3.05, 3.63) is 17.0 Å². The predicted molar refractivity (Wildman–Crippen MR) is 76.9 cm³/mol. The van der Waals surface area contributed by atoms with Gasteiger partial charge in [-0.15, -0.1) is 11.3 Å². The van der Waals surface area contributed by atoms with E-state index in [9.17, 15) is 8.42 Å². The zero-order valence-electron chi connectivity index (χ0n) is 11.1. The largest absolute Gasteiger partial charge is 0.396 e. The number of rotatable bonds is 5. The molecule has 2 unspecified atom stereocenters. The molecule has 0 aliphatic heterocycles. The van der Waals surface area contributed by atoms with Gasteiger partial charge in [-0.3, -0.25) is 0 Å². The third kappa shape index (κ3) is 4.02. The van der Waals surface area contributed by atoms with E-state index in [1.807, 2.05) is 0 Å². The minimum absolute atomic E-state index is 0.0492. The summed E-state index contributed by atoms with van der Waals surface area (Å²) in [5.41, 5.74) is 0. The summed E-state index contributed by atoms with van der Waals surface area (Å²) in [5, 5.41) is 8.86. The van der Waals surface area contributed by atoms with Gasteiger partial charge >= 0.3 is 0 Å². The molecule has 2 rings (SSSR count). The van der Waals surface area contributed by atoms with Crippen LogP contribution >= 0.6 is 11.3 Å². The Bertz CT molecular complexity index is 510. The van der Waals surface area contributed by atoms with Crippen LogP contribution in [0.1, 0.15) is 37.5 Å². The van der Waals surface area contributed by atoms with Gasteiger partial charge in [-0.25, -0.2) is 13.1 Å². The molecule has 0 saturated heterocycles. The summed E-state index contributed by atoms with van der Waals surface area (Å²) in [7, 11) is -3.39. The third-order valence-corrected chi connectivity index (χ3v) is 6.68. The molecule has 4 nitrogen and oxygen atoms in total. The quantitative estimate of drug-likeness (QED) is 0.876. The van der Waals surface area contributed by atoms with Gasteiger partial charge in [0.25, 0.3) is 0 Å². The van der Waals surface area contributed by atoms with Crippen molar-refractivity contribution in [1.82, 2.24) is 4.72 Å². The molecule has 0 bridgehead atoms. The molecule has 6 heteroatoms. The SMILES string of the molecule is CC1CCCC(NS(=O)(=O)c2ccc(CCO)s2)C1. The van der Waals surface area contributed by atoms with Crippen LogP contribution in [0.15, 0.2) is 16.3 Å². The van der Waals surface area contributed by atoms with Crippen LogP contribution in [0.4, 0.5) is 0 Å². The number of hydrogen-bond acceptors (Lipinski definition) is 4. The Morgan fingerprint density at radius 2 is 2.21 bits per heavy atom. The number of sulfonamides is 1. The molecule has 0 aromatic carbocycles. The maximum atomic E-state index is 12.3. The molecule has 0 amide bonds. The van der Waals surface area contributed by atoms with Crippen molar-refractivity contribution in [3.8, 4) is 0 Å². The first-order valence-corrected chi connectivity index (χ1v) is 9.03. The minimum Gasteiger partial charge on any atom is -0.396 e. The van der Waals surface area contributed by atoms with E-state index >= 15 is 0 Å². The minimum atomic E-state index is -3.39. The van der Waals surface area contributed by atoms with E-state index in [2.05, 4.69) is 11.6 Å². The number of aliphatic hydroxyl groups is 1. The van der Waals surface area contributed by atoms with Crippen LogP contribution in [0.3, 0.4) is 0 Å². The van der Waals surface area contributed by atoms with E-state index in [0.29, 0.717) is 16.5 Å². The molecular weight excluding hydrogens is 282 g/mol. The summed E-state index contributed by atoms with van der Waals surface area (Å²) in [4.78, 5) is 0.903. The Labute approximate surface area is 118 Å². The van der Waals surface area contributed by atoms with Gasteiger partial charge in [0.1, 0.15) is 4.21 Å². The highest BCUT2D eigenvalue weighted by atomic mass is 32.2. The Morgan fingerprint density at radius 1 is 1.42 bits per heavy atom. The predicted octanol–water partition coefficient (Wildman–Crippen LogP) is 2.14. The van der Waals surface area contributed by atoms with Gasteiger partial charge < -0.3 is 5.11 Å². The molecular formula is C13H21NO3S2. The van der Waals surface area contributed by atoms with Crippen LogP contribution in [0.25, 0.3) is 0 Å². The first kappa shape index (κ1) is 15.0. The second-order valence-corrected chi connectivity index (χ2v) is 8.39. The van der Waals surface area contributed by atoms with Crippen molar-refractivity contribution >= 4 is 21.4 Å². The standard InChI is InChI=1S/C13H21NO3S2/c1-10-3-2-4-11(9-10)14-19(16,17)13-6-5-12(18-13)7-8-15/h5-6,10-11,14-15H,2-4,7-9H2,1H3. The highest BCUT2D eigenvalue weighted by Crippen LogP contribution is 2.27. The van der Waals surface area contributed by atoms with Crippen molar-refractivity contribution in [2.45, 2.75) is 49.3 Å². The second kappa shape index (κ2) is 6.35. The van der Waals surface area contributed by atoms with Crippen LogP contribution in [0, 0.1) is 5.92 Å². The van der Waals surface area contributed by atoms with Crippen molar-refractivity contribution in [2.24, 2.45) is 5.92 Å². The lowest BCUT2D eigenvalue weighted by molar-refractivity contribution is 0.300. The fourth-order valence-corrected chi connectivity index (χ4v) is 5.21. The molecule has 2 N–H and O–H groups in total. The van der Waals surface area contributed by atoms with Crippen LogP contribution in [-0.4, -0.2) is 26.2 Å². The molecule has 0 radical (unpaired) electrons. The monoisotopic (exact) mass is 303 g/mol. The molecule has 1 aromatic rings. The summed E-state index contributed by atoms with van der Waals surface area (Å²) < 4.78 is 27.7. The average Bonchev–Trinajstić information content (AvgIpc) is 2.78. The van der Waals surface area contributed by atoms with E-state index in [0.717, 1.165) is 24.1 Å². The van der Waals surface area contributed by atoms with Gasteiger partial charge in [0.05, 0.1) is 0 Å². The van der Waals surface area contributed by atoms with Crippen LogP contribution in [0.2, 0.25) is 0 Å². The Balaban J connectivity index is 2.04. The van der Waals surface area contributed by atoms with Crippen LogP contribution in [-0.2, 0) is 16.4 Å². The average molecular weight is 303 g/mol. The zero-order valence-corrected chi connectivity index (χ0v) is 12.8. The van der Waals surface area contributed by atoms with E-state index in [1.165, 1.54) is 17.8 Å². The highest BCUT2D eigenvalue weighted by Gasteiger charge is 2.25. The second-order valence-electron chi connectivity index (χ2n) is 5.28. The zero-order chi connectivity index (χ0) is 13.9. The molecule has 2 atom stereocenters.